The Balaban J connectivity index is 2.97. The lowest BCUT2D eigenvalue weighted by atomic mass is 10.2. The maximum absolute atomic E-state index is 10.8. The molecule has 0 aliphatic rings. The highest BCUT2D eigenvalue weighted by Crippen LogP contribution is 2.25. The molecule has 76 valence electrons. The zero-order valence-corrected chi connectivity index (χ0v) is 8.21. The van der Waals surface area contributed by atoms with Gasteiger partial charge < -0.3 is 15.2 Å². The van der Waals surface area contributed by atoms with Crippen molar-refractivity contribution in [2.24, 2.45) is 0 Å². The first-order valence-electron chi connectivity index (χ1n) is 4.04. The second-order valence-corrected chi connectivity index (χ2v) is 3.29. The SMILES string of the molecule is O=C(O)c1[nH]c(=S)c2cccnc2c1O. The van der Waals surface area contributed by atoms with Gasteiger partial charge in [-0.15, -0.1) is 0 Å². The highest BCUT2D eigenvalue weighted by Gasteiger charge is 2.14. The van der Waals surface area contributed by atoms with Crippen LogP contribution in [0, 0.1) is 4.64 Å². The summed E-state index contributed by atoms with van der Waals surface area (Å²) in [5, 5.41) is 18.9. The van der Waals surface area contributed by atoms with E-state index in [1.807, 2.05) is 0 Å². The Bertz CT molecular complexity index is 606. The predicted molar refractivity (Wildman–Crippen MR) is 55.6 cm³/mol. The number of H-pyrrole nitrogens is 1. The fourth-order valence-corrected chi connectivity index (χ4v) is 1.56. The third kappa shape index (κ3) is 1.44. The number of hydrogen-bond donors (Lipinski definition) is 3. The van der Waals surface area contributed by atoms with Crippen LogP contribution in [0.25, 0.3) is 10.9 Å². The second-order valence-electron chi connectivity index (χ2n) is 2.88. The zero-order valence-electron chi connectivity index (χ0n) is 7.39. The molecule has 0 unspecified atom stereocenters. The van der Waals surface area contributed by atoms with Crippen LogP contribution in [0.4, 0.5) is 0 Å². The summed E-state index contributed by atoms with van der Waals surface area (Å²) in [6.45, 7) is 0. The average molecular weight is 222 g/mol. The van der Waals surface area contributed by atoms with Gasteiger partial charge in [-0.05, 0) is 12.1 Å². The summed E-state index contributed by atoms with van der Waals surface area (Å²) < 4.78 is 0.244. The highest BCUT2D eigenvalue weighted by atomic mass is 32.1. The van der Waals surface area contributed by atoms with Gasteiger partial charge in [-0.1, -0.05) is 12.2 Å². The average Bonchev–Trinajstić information content (AvgIpc) is 2.23. The van der Waals surface area contributed by atoms with Crippen molar-refractivity contribution in [3.05, 3.63) is 28.7 Å². The third-order valence-corrected chi connectivity index (χ3v) is 2.29. The summed E-state index contributed by atoms with van der Waals surface area (Å²) >= 11 is 4.95. The summed E-state index contributed by atoms with van der Waals surface area (Å²) in [7, 11) is 0. The molecule has 0 aliphatic carbocycles. The predicted octanol–water partition coefficient (Wildman–Crippen LogP) is 1.70. The summed E-state index contributed by atoms with van der Waals surface area (Å²) in [5.74, 6) is -1.67. The van der Waals surface area contributed by atoms with Gasteiger partial charge in [-0.3, -0.25) is 4.98 Å². The molecular weight excluding hydrogens is 216 g/mol. The van der Waals surface area contributed by atoms with Gasteiger partial charge in [0.15, 0.2) is 11.4 Å². The number of aromatic hydroxyl groups is 1. The number of pyridine rings is 2. The van der Waals surface area contributed by atoms with Gasteiger partial charge in [0.05, 0.1) is 0 Å². The quantitative estimate of drug-likeness (QED) is 0.639. The number of aromatic amines is 1. The van der Waals surface area contributed by atoms with Gasteiger partial charge in [-0.25, -0.2) is 4.79 Å². The molecule has 2 heterocycles. The van der Waals surface area contributed by atoms with E-state index in [1.54, 1.807) is 12.1 Å². The zero-order chi connectivity index (χ0) is 11.0. The molecule has 0 radical (unpaired) electrons. The van der Waals surface area contributed by atoms with Crippen molar-refractivity contribution in [1.29, 1.82) is 0 Å². The first kappa shape index (κ1) is 9.60. The Morgan fingerprint density at radius 2 is 2.27 bits per heavy atom. The molecule has 0 amide bonds. The summed E-state index contributed by atoms with van der Waals surface area (Å²) in [6.07, 6.45) is 1.46. The van der Waals surface area contributed by atoms with Crippen LogP contribution in [0.3, 0.4) is 0 Å². The number of nitrogens with zero attached hydrogens (tertiary/aromatic N) is 1. The minimum Gasteiger partial charge on any atom is -0.504 e. The number of carboxylic acid groups (broad SMARTS) is 1. The van der Waals surface area contributed by atoms with Gasteiger partial charge in [0.1, 0.15) is 10.2 Å². The van der Waals surface area contributed by atoms with Crippen molar-refractivity contribution in [2.75, 3.05) is 0 Å². The summed E-state index contributed by atoms with van der Waals surface area (Å²) in [6, 6.07) is 3.32. The van der Waals surface area contributed by atoms with Crippen LogP contribution in [0.15, 0.2) is 18.3 Å². The van der Waals surface area contributed by atoms with E-state index in [4.69, 9.17) is 17.3 Å². The normalized spacial score (nSPS) is 10.4. The van der Waals surface area contributed by atoms with E-state index in [0.717, 1.165) is 0 Å². The molecule has 2 aromatic heterocycles. The van der Waals surface area contributed by atoms with E-state index in [0.29, 0.717) is 5.39 Å². The lowest BCUT2D eigenvalue weighted by Crippen LogP contribution is -2.02. The monoisotopic (exact) mass is 222 g/mol. The standard InChI is InChI=1S/C9H6N2O3S/c12-7-5-4(2-1-3-10-5)8(15)11-6(7)9(13)14/h1-3,12H,(H,11,15)(H,13,14). The molecule has 0 fully saturated rings. The minimum absolute atomic E-state index is 0.193. The molecule has 6 heteroatoms. The number of aromatic nitrogens is 2. The van der Waals surface area contributed by atoms with Gasteiger partial charge in [-0.2, -0.15) is 0 Å². The lowest BCUT2D eigenvalue weighted by molar-refractivity contribution is 0.0687. The maximum Gasteiger partial charge on any atom is 0.356 e. The molecule has 5 nitrogen and oxygen atoms in total. The Hall–Kier alpha value is -1.95. The first-order chi connectivity index (χ1) is 7.11. The number of carbonyl (C=O) groups is 1. The summed E-state index contributed by atoms with van der Waals surface area (Å²) in [5.41, 5.74) is -0.148. The van der Waals surface area contributed by atoms with Crippen molar-refractivity contribution < 1.29 is 15.0 Å². The number of aromatic carboxylic acids is 1. The Kier molecular flexibility index (Phi) is 2.12. The molecule has 0 aromatic carbocycles. The fourth-order valence-electron chi connectivity index (χ4n) is 1.29. The number of carboxylic acids is 1. The molecule has 2 rings (SSSR count). The highest BCUT2D eigenvalue weighted by molar-refractivity contribution is 7.71. The fraction of sp³-hybridized carbons (Fsp3) is 0. The smallest absolute Gasteiger partial charge is 0.356 e. The maximum atomic E-state index is 10.8. The van der Waals surface area contributed by atoms with Crippen molar-refractivity contribution >= 4 is 29.1 Å². The van der Waals surface area contributed by atoms with Crippen molar-refractivity contribution in [2.45, 2.75) is 0 Å². The topological polar surface area (TPSA) is 86.2 Å². The lowest BCUT2D eigenvalue weighted by Gasteiger charge is -2.03. The minimum atomic E-state index is -1.27. The van der Waals surface area contributed by atoms with Crippen LogP contribution in [-0.2, 0) is 0 Å². The Labute approximate surface area is 89.0 Å². The largest absolute Gasteiger partial charge is 0.504 e. The molecule has 0 aliphatic heterocycles. The molecule has 0 atom stereocenters. The second kappa shape index (κ2) is 3.32. The molecule has 0 saturated heterocycles. The van der Waals surface area contributed by atoms with E-state index in [2.05, 4.69) is 9.97 Å². The Morgan fingerprint density at radius 3 is 2.93 bits per heavy atom. The summed E-state index contributed by atoms with van der Waals surface area (Å²) in [4.78, 5) is 17.1. The van der Waals surface area contributed by atoms with Crippen LogP contribution in [0.1, 0.15) is 10.5 Å². The van der Waals surface area contributed by atoms with Crippen LogP contribution in [0.2, 0.25) is 0 Å². The van der Waals surface area contributed by atoms with E-state index < -0.39 is 11.7 Å². The first-order valence-corrected chi connectivity index (χ1v) is 4.45. The Morgan fingerprint density at radius 1 is 1.53 bits per heavy atom. The third-order valence-electron chi connectivity index (χ3n) is 1.97. The molecule has 3 N–H and O–H groups in total. The number of rotatable bonds is 1. The molecule has 0 bridgehead atoms. The molecule has 15 heavy (non-hydrogen) atoms. The number of fused-ring (bicyclic) bond motifs is 1. The van der Waals surface area contributed by atoms with E-state index in [-0.39, 0.29) is 15.9 Å². The van der Waals surface area contributed by atoms with E-state index >= 15 is 0 Å². The van der Waals surface area contributed by atoms with Gasteiger partial charge in [0, 0.05) is 11.6 Å². The van der Waals surface area contributed by atoms with Gasteiger partial charge in [0.2, 0.25) is 0 Å². The van der Waals surface area contributed by atoms with Gasteiger partial charge >= 0.3 is 5.97 Å². The van der Waals surface area contributed by atoms with E-state index in [1.165, 1.54) is 6.20 Å². The molecule has 0 saturated carbocycles. The van der Waals surface area contributed by atoms with Crippen LogP contribution in [-0.4, -0.2) is 26.2 Å². The van der Waals surface area contributed by atoms with Crippen LogP contribution < -0.4 is 0 Å². The van der Waals surface area contributed by atoms with Crippen molar-refractivity contribution in [1.82, 2.24) is 9.97 Å². The van der Waals surface area contributed by atoms with E-state index in [9.17, 15) is 9.90 Å². The molecule has 0 spiro atoms. The van der Waals surface area contributed by atoms with Crippen LogP contribution in [0.5, 0.6) is 5.75 Å². The number of hydrogen-bond acceptors (Lipinski definition) is 4. The van der Waals surface area contributed by atoms with Crippen LogP contribution >= 0.6 is 12.2 Å². The van der Waals surface area contributed by atoms with Crippen molar-refractivity contribution in [3.63, 3.8) is 0 Å². The molecular formula is C9H6N2O3S. The van der Waals surface area contributed by atoms with Gasteiger partial charge in [0.25, 0.3) is 0 Å². The number of nitrogens with one attached hydrogen (secondary N) is 1. The molecule has 2 aromatic rings. The van der Waals surface area contributed by atoms with Crippen molar-refractivity contribution in [3.8, 4) is 5.75 Å².